The summed E-state index contributed by atoms with van der Waals surface area (Å²) in [6, 6.07) is 5.89. The SMILES string of the molecule is C=C/N=C(\C=C(/N)c1c(C)nc2ccccn12)N1CCOCC1. The first-order valence-electron chi connectivity index (χ1n) is 7.63. The second-order valence-electron chi connectivity index (χ2n) is 5.34. The molecule has 2 N–H and O–H groups in total. The molecule has 120 valence electrons. The van der Waals surface area contributed by atoms with Gasteiger partial charge in [0.15, 0.2) is 0 Å². The molecule has 0 bridgehead atoms. The van der Waals surface area contributed by atoms with E-state index in [1.165, 1.54) is 6.20 Å². The van der Waals surface area contributed by atoms with Crippen molar-refractivity contribution in [2.75, 3.05) is 26.3 Å². The molecule has 1 aliphatic heterocycles. The summed E-state index contributed by atoms with van der Waals surface area (Å²) >= 11 is 0. The van der Waals surface area contributed by atoms with Gasteiger partial charge in [-0.25, -0.2) is 9.98 Å². The smallest absolute Gasteiger partial charge is 0.137 e. The molecule has 0 atom stereocenters. The van der Waals surface area contributed by atoms with Crippen molar-refractivity contribution in [3.8, 4) is 0 Å². The van der Waals surface area contributed by atoms with Gasteiger partial charge in [0.1, 0.15) is 11.5 Å². The number of aryl methyl sites for hydroxylation is 1. The van der Waals surface area contributed by atoms with Crippen LogP contribution in [-0.4, -0.2) is 46.4 Å². The minimum atomic E-state index is 0.633. The van der Waals surface area contributed by atoms with Gasteiger partial charge in [0.25, 0.3) is 0 Å². The molecule has 1 aliphatic rings. The number of morpholine rings is 1. The number of nitrogens with zero attached hydrogens (tertiary/aromatic N) is 4. The molecule has 0 saturated carbocycles. The highest BCUT2D eigenvalue weighted by Crippen LogP contribution is 2.18. The highest BCUT2D eigenvalue weighted by atomic mass is 16.5. The summed E-state index contributed by atoms with van der Waals surface area (Å²) in [5, 5.41) is 0. The van der Waals surface area contributed by atoms with Crippen LogP contribution in [0.3, 0.4) is 0 Å². The minimum absolute atomic E-state index is 0.633. The van der Waals surface area contributed by atoms with Crippen LogP contribution in [0.1, 0.15) is 11.4 Å². The number of hydrogen-bond acceptors (Lipinski definition) is 4. The highest BCUT2D eigenvalue weighted by Gasteiger charge is 2.16. The van der Waals surface area contributed by atoms with E-state index in [1.54, 1.807) is 0 Å². The Morgan fingerprint density at radius 3 is 2.91 bits per heavy atom. The van der Waals surface area contributed by atoms with E-state index in [0.717, 1.165) is 36.0 Å². The second-order valence-corrected chi connectivity index (χ2v) is 5.34. The Labute approximate surface area is 135 Å². The van der Waals surface area contributed by atoms with Crippen molar-refractivity contribution in [3.05, 3.63) is 54.6 Å². The van der Waals surface area contributed by atoms with Crippen LogP contribution in [0.15, 0.2) is 48.2 Å². The normalized spacial score (nSPS) is 16.8. The summed E-state index contributed by atoms with van der Waals surface area (Å²) < 4.78 is 7.39. The van der Waals surface area contributed by atoms with Crippen LogP contribution in [0.5, 0.6) is 0 Å². The summed E-state index contributed by atoms with van der Waals surface area (Å²) in [5.74, 6) is 0.797. The third-order valence-corrected chi connectivity index (χ3v) is 3.82. The molecule has 2 aromatic rings. The van der Waals surface area contributed by atoms with Gasteiger partial charge in [0, 0.05) is 31.6 Å². The molecule has 3 heterocycles. The number of pyridine rings is 1. The number of imidazole rings is 1. The fraction of sp³-hybridized carbons (Fsp3) is 0.294. The lowest BCUT2D eigenvalue weighted by Crippen LogP contribution is -2.40. The number of hydrogen-bond donors (Lipinski definition) is 1. The second kappa shape index (κ2) is 6.66. The van der Waals surface area contributed by atoms with Gasteiger partial charge >= 0.3 is 0 Å². The van der Waals surface area contributed by atoms with Crippen LogP contribution < -0.4 is 5.73 Å². The standard InChI is InChI=1S/C17H21N5O/c1-3-19-16(21-8-10-23-11-9-21)12-14(18)17-13(2)20-15-6-4-5-7-22(15)17/h3-7,12H,1,8-11,18H2,2H3/b14-12-,19-16+. The summed E-state index contributed by atoms with van der Waals surface area (Å²) in [4.78, 5) is 11.1. The van der Waals surface area contributed by atoms with Crippen molar-refractivity contribution >= 4 is 17.2 Å². The summed E-state index contributed by atoms with van der Waals surface area (Å²) in [7, 11) is 0. The molecule has 0 amide bonds. The molecule has 0 aromatic carbocycles. The van der Waals surface area contributed by atoms with Gasteiger partial charge in [0.2, 0.25) is 0 Å². The molecule has 1 saturated heterocycles. The lowest BCUT2D eigenvalue weighted by Gasteiger charge is -2.28. The van der Waals surface area contributed by atoms with Crippen LogP contribution in [0.25, 0.3) is 11.3 Å². The quantitative estimate of drug-likeness (QED) is 0.693. The zero-order valence-corrected chi connectivity index (χ0v) is 13.3. The average molecular weight is 311 g/mol. The molecule has 6 nitrogen and oxygen atoms in total. The van der Waals surface area contributed by atoms with Crippen molar-refractivity contribution in [1.82, 2.24) is 14.3 Å². The van der Waals surface area contributed by atoms with Crippen molar-refractivity contribution in [1.29, 1.82) is 0 Å². The van der Waals surface area contributed by atoms with Crippen LogP contribution in [0.4, 0.5) is 0 Å². The third kappa shape index (κ3) is 3.12. The summed E-state index contributed by atoms with van der Waals surface area (Å²) in [5.41, 5.74) is 9.67. The molecule has 0 aliphatic carbocycles. The number of amidine groups is 1. The van der Waals surface area contributed by atoms with Gasteiger partial charge < -0.3 is 15.4 Å². The maximum absolute atomic E-state index is 6.37. The van der Waals surface area contributed by atoms with Gasteiger partial charge in [-0.15, -0.1) is 0 Å². The lowest BCUT2D eigenvalue weighted by molar-refractivity contribution is 0.0684. The number of aromatic nitrogens is 2. The van der Waals surface area contributed by atoms with Crippen LogP contribution in [0, 0.1) is 6.92 Å². The van der Waals surface area contributed by atoms with Crippen LogP contribution >= 0.6 is 0 Å². The Hall–Kier alpha value is -2.60. The van der Waals surface area contributed by atoms with Crippen molar-refractivity contribution in [2.24, 2.45) is 10.7 Å². The summed E-state index contributed by atoms with van der Waals surface area (Å²) in [6.07, 6.45) is 5.39. The van der Waals surface area contributed by atoms with Crippen molar-refractivity contribution in [2.45, 2.75) is 6.92 Å². The largest absolute Gasteiger partial charge is 0.397 e. The maximum Gasteiger partial charge on any atom is 0.137 e. The van der Waals surface area contributed by atoms with Gasteiger partial charge in [-0.3, -0.25) is 4.40 Å². The predicted octanol–water partition coefficient (Wildman–Crippen LogP) is 1.82. The fourth-order valence-electron chi connectivity index (χ4n) is 2.76. The molecule has 1 fully saturated rings. The van der Waals surface area contributed by atoms with Gasteiger partial charge in [0.05, 0.1) is 30.3 Å². The topological polar surface area (TPSA) is 68.1 Å². The van der Waals surface area contributed by atoms with Crippen LogP contribution in [-0.2, 0) is 4.74 Å². The van der Waals surface area contributed by atoms with E-state index < -0.39 is 0 Å². The Balaban J connectivity index is 2.00. The van der Waals surface area contributed by atoms with Gasteiger partial charge in [-0.2, -0.15) is 0 Å². The third-order valence-electron chi connectivity index (χ3n) is 3.82. The number of nitrogens with two attached hydrogens (primary N) is 1. The van der Waals surface area contributed by atoms with Crippen molar-refractivity contribution in [3.63, 3.8) is 0 Å². The minimum Gasteiger partial charge on any atom is -0.397 e. The predicted molar refractivity (Wildman–Crippen MR) is 92.1 cm³/mol. The molecular formula is C17H21N5O. The van der Waals surface area contributed by atoms with E-state index >= 15 is 0 Å². The molecule has 23 heavy (non-hydrogen) atoms. The first-order valence-corrected chi connectivity index (χ1v) is 7.63. The molecule has 0 unspecified atom stereocenters. The average Bonchev–Trinajstić information content (AvgIpc) is 2.91. The van der Waals surface area contributed by atoms with E-state index in [4.69, 9.17) is 10.5 Å². The Kier molecular flexibility index (Phi) is 4.43. The summed E-state index contributed by atoms with van der Waals surface area (Å²) in [6.45, 7) is 8.63. The fourth-order valence-corrected chi connectivity index (χ4v) is 2.76. The van der Waals surface area contributed by atoms with E-state index in [2.05, 4.69) is 21.5 Å². The van der Waals surface area contributed by atoms with Crippen molar-refractivity contribution < 1.29 is 4.74 Å². The molecule has 2 aromatic heterocycles. The highest BCUT2D eigenvalue weighted by molar-refractivity contribution is 5.99. The van der Waals surface area contributed by atoms with Gasteiger partial charge in [-0.05, 0) is 19.1 Å². The van der Waals surface area contributed by atoms with E-state index in [1.807, 2.05) is 41.8 Å². The lowest BCUT2D eigenvalue weighted by atomic mass is 10.2. The first-order chi connectivity index (χ1) is 11.2. The molecule has 3 rings (SSSR count). The number of rotatable bonds is 3. The van der Waals surface area contributed by atoms with Gasteiger partial charge in [-0.1, -0.05) is 12.6 Å². The number of aliphatic imine (C=N–C) groups is 1. The zero-order valence-electron chi connectivity index (χ0n) is 13.3. The first kappa shape index (κ1) is 15.3. The van der Waals surface area contributed by atoms with E-state index in [-0.39, 0.29) is 0 Å². The zero-order chi connectivity index (χ0) is 16.2. The van der Waals surface area contributed by atoms with E-state index in [0.29, 0.717) is 18.9 Å². The number of ether oxygens (including phenoxy) is 1. The Morgan fingerprint density at radius 1 is 1.39 bits per heavy atom. The Morgan fingerprint density at radius 2 is 2.17 bits per heavy atom. The Bertz CT molecular complexity index is 768. The van der Waals surface area contributed by atoms with E-state index in [9.17, 15) is 0 Å². The van der Waals surface area contributed by atoms with Crippen LogP contribution in [0.2, 0.25) is 0 Å². The maximum atomic E-state index is 6.37. The monoisotopic (exact) mass is 311 g/mol. The molecular weight excluding hydrogens is 290 g/mol. The molecule has 0 radical (unpaired) electrons. The molecule has 6 heteroatoms. The molecule has 0 spiro atoms. The number of fused-ring (bicyclic) bond motifs is 1.